The predicted octanol–water partition coefficient (Wildman–Crippen LogP) is 4.37. The first-order valence-corrected chi connectivity index (χ1v) is 7.16. The van der Waals surface area contributed by atoms with Gasteiger partial charge in [0.2, 0.25) is 0 Å². The highest BCUT2D eigenvalue weighted by atomic mass is 14.7. The van der Waals surface area contributed by atoms with Crippen LogP contribution in [-0.2, 0) is 0 Å². The monoisotopic (exact) mass is 274 g/mol. The zero-order valence-electron chi connectivity index (χ0n) is 11.8. The Balaban J connectivity index is 2.13. The van der Waals surface area contributed by atoms with Crippen LogP contribution in [0.1, 0.15) is 24.0 Å². The molecule has 21 heavy (non-hydrogen) atoms. The van der Waals surface area contributed by atoms with Crippen LogP contribution in [0.4, 0.5) is 0 Å². The van der Waals surface area contributed by atoms with Crippen LogP contribution >= 0.6 is 0 Å². The van der Waals surface area contributed by atoms with Gasteiger partial charge in [-0.25, -0.2) is 0 Å². The molecule has 0 atom stereocenters. The lowest BCUT2D eigenvalue weighted by Crippen LogP contribution is -2.11. The Hall–Kier alpha value is -2.61. The van der Waals surface area contributed by atoms with Gasteiger partial charge in [-0.2, -0.15) is 0 Å². The topological polar surface area (TPSA) is 49.9 Å². The molecule has 2 nitrogen and oxygen atoms in total. The number of nitrogens with two attached hydrogens (primary N) is 1. The summed E-state index contributed by atoms with van der Waals surface area (Å²) in [6, 6.07) is 16.4. The van der Waals surface area contributed by atoms with E-state index in [4.69, 9.17) is 11.1 Å². The van der Waals surface area contributed by atoms with Gasteiger partial charge in [0, 0.05) is 5.56 Å². The van der Waals surface area contributed by atoms with Crippen molar-refractivity contribution in [2.75, 3.05) is 0 Å². The molecule has 0 bridgehead atoms. The van der Waals surface area contributed by atoms with Gasteiger partial charge in [0.15, 0.2) is 0 Å². The molecule has 2 aromatic rings. The van der Waals surface area contributed by atoms with Crippen LogP contribution in [0.2, 0.25) is 0 Å². The van der Waals surface area contributed by atoms with Crippen LogP contribution in [0.15, 0.2) is 66.8 Å². The molecule has 2 aromatic carbocycles. The summed E-state index contributed by atoms with van der Waals surface area (Å²) in [6.07, 6.45) is 8.75. The Morgan fingerprint density at radius 2 is 1.67 bits per heavy atom. The van der Waals surface area contributed by atoms with E-state index < -0.39 is 0 Å². The molecular formula is C19H18N2. The summed E-state index contributed by atoms with van der Waals surface area (Å²) in [7, 11) is 0. The molecule has 0 spiro atoms. The third-order valence-corrected chi connectivity index (χ3v) is 3.68. The normalized spacial score (nSPS) is 13.8. The molecule has 0 fully saturated rings. The molecule has 0 aliphatic heterocycles. The Bertz CT molecular complexity index is 724. The molecule has 2 heteroatoms. The van der Waals surface area contributed by atoms with Crippen LogP contribution in [0.25, 0.3) is 16.7 Å². The summed E-state index contributed by atoms with van der Waals surface area (Å²) in [4.78, 5) is 0. The van der Waals surface area contributed by atoms with Crippen LogP contribution in [0.3, 0.4) is 0 Å². The van der Waals surface area contributed by atoms with Gasteiger partial charge in [0.25, 0.3) is 0 Å². The van der Waals surface area contributed by atoms with Gasteiger partial charge in [0.05, 0.1) is 0 Å². The summed E-state index contributed by atoms with van der Waals surface area (Å²) in [6.45, 7) is 0. The Morgan fingerprint density at radius 1 is 0.905 bits per heavy atom. The summed E-state index contributed by atoms with van der Waals surface area (Å²) in [5.41, 5.74) is 11.0. The van der Waals surface area contributed by atoms with Gasteiger partial charge in [-0.3, -0.25) is 5.41 Å². The van der Waals surface area contributed by atoms with Crippen molar-refractivity contribution in [3.63, 3.8) is 0 Å². The minimum atomic E-state index is 0.106. The molecule has 0 amide bonds. The highest BCUT2D eigenvalue weighted by Gasteiger charge is 2.08. The van der Waals surface area contributed by atoms with Crippen LogP contribution < -0.4 is 5.73 Å². The van der Waals surface area contributed by atoms with Crippen LogP contribution in [0, 0.1) is 5.41 Å². The van der Waals surface area contributed by atoms with E-state index in [-0.39, 0.29) is 5.84 Å². The maximum Gasteiger partial charge on any atom is 0.122 e. The first kappa shape index (κ1) is 13.4. The molecule has 0 saturated heterocycles. The van der Waals surface area contributed by atoms with E-state index in [1.165, 1.54) is 5.57 Å². The molecule has 104 valence electrons. The Labute approximate surface area is 125 Å². The third-order valence-electron chi connectivity index (χ3n) is 3.68. The highest BCUT2D eigenvalue weighted by molar-refractivity contribution is 5.97. The average molecular weight is 274 g/mol. The van der Waals surface area contributed by atoms with Crippen molar-refractivity contribution in [1.29, 1.82) is 5.41 Å². The number of nitrogens with one attached hydrogen (secondary N) is 1. The van der Waals surface area contributed by atoms with Crippen molar-refractivity contribution in [1.82, 2.24) is 0 Å². The number of hydrogen-bond donors (Lipinski definition) is 2. The summed E-state index contributed by atoms with van der Waals surface area (Å²) in [5, 5.41) is 7.75. The number of rotatable bonds is 3. The maximum atomic E-state index is 7.75. The number of nitrogen functional groups attached to an aromatic ring is 1. The molecule has 1 aliphatic carbocycles. The van der Waals surface area contributed by atoms with E-state index in [1.54, 1.807) is 0 Å². The lowest BCUT2D eigenvalue weighted by Gasteiger charge is -2.12. The van der Waals surface area contributed by atoms with Crippen molar-refractivity contribution < 1.29 is 0 Å². The minimum absolute atomic E-state index is 0.106. The fraction of sp³-hybridized carbons (Fsp3) is 0.105. The van der Waals surface area contributed by atoms with E-state index in [0.29, 0.717) is 0 Å². The predicted molar refractivity (Wildman–Crippen MR) is 89.2 cm³/mol. The summed E-state index contributed by atoms with van der Waals surface area (Å²) >= 11 is 0. The quantitative estimate of drug-likeness (QED) is 0.633. The van der Waals surface area contributed by atoms with E-state index >= 15 is 0 Å². The zero-order valence-corrected chi connectivity index (χ0v) is 11.8. The lowest BCUT2D eigenvalue weighted by atomic mass is 9.93. The molecule has 0 radical (unpaired) electrons. The Kier molecular flexibility index (Phi) is 3.69. The van der Waals surface area contributed by atoms with E-state index in [1.807, 2.05) is 30.3 Å². The first-order valence-electron chi connectivity index (χ1n) is 7.16. The summed E-state index contributed by atoms with van der Waals surface area (Å²) in [5.74, 6) is 0.106. The van der Waals surface area contributed by atoms with E-state index in [2.05, 4.69) is 36.4 Å². The molecule has 0 saturated carbocycles. The largest absolute Gasteiger partial charge is 0.384 e. The molecule has 0 heterocycles. The molecule has 1 aliphatic rings. The van der Waals surface area contributed by atoms with E-state index in [0.717, 1.165) is 35.1 Å². The number of benzene rings is 2. The van der Waals surface area contributed by atoms with Gasteiger partial charge < -0.3 is 5.73 Å². The van der Waals surface area contributed by atoms with Crippen LogP contribution in [0.5, 0.6) is 0 Å². The van der Waals surface area contributed by atoms with Crippen molar-refractivity contribution in [3.05, 3.63) is 77.9 Å². The molecule has 3 N–H and O–H groups in total. The average Bonchev–Trinajstić information content (AvgIpc) is 2.56. The van der Waals surface area contributed by atoms with Gasteiger partial charge in [0.1, 0.15) is 5.84 Å². The number of amidine groups is 1. The second kappa shape index (κ2) is 5.80. The third kappa shape index (κ3) is 2.95. The second-order valence-corrected chi connectivity index (χ2v) is 5.22. The first-order chi connectivity index (χ1) is 10.2. The zero-order chi connectivity index (χ0) is 14.7. The molecule has 0 aromatic heterocycles. The lowest BCUT2D eigenvalue weighted by molar-refractivity contribution is 1.04. The Morgan fingerprint density at radius 3 is 2.33 bits per heavy atom. The molecule has 3 rings (SSSR count). The number of allylic oxidation sites excluding steroid dienone is 4. The van der Waals surface area contributed by atoms with Crippen molar-refractivity contribution in [2.45, 2.75) is 12.8 Å². The fourth-order valence-electron chi connectivity index (χ4n) is 2.57. The van der Waals surface area contributed by atoms with Crippen molar-refractivity contribution >= 4 is 11.4 Å². The SMILES string of the molecule is N=C(N)c1cc(C2=CCCC=C2)cc(-c2ccccc2)c1. The maximum absolute atomic E-state index is 7.75. The fourth-order valence-corrected chi connectivity index (χ4v) is 2.57. The van der Waals surface area contributed by atoms with Gasteiger partial charge in [-0.05, 0) is 53.3 Å². The molecular weight excluding hydrogens is 256 g/mol. The second-order valence-electron chi connectivity index (χ2n) is 5.22. The van der Waals surface area contributed by atoms with E-state index in [9.17, 15) is 0 Å². The number of hydrogen-bond acceptors (Lipinski definition) is 1. The smallest absolute Gasteiger partial charge is 0.122 e. The van der Waals surface area contributed by atoms with Crippen molar-refractivity contribution in [2.24, 2.45) is 5.73 Å². The van der Waals surface area contributed by atoms with Crippen LogP contribution in [-0.4, -0.2) is 5.84 Å². The highest BCUT2D eigenvalue weighted by Crippen LogP contribution is 2.28. The standard InChI is InChI=1S/C19H18N2/c20-19(21)18-12-16(14-7-3-1-4-8-14)11-17(13-18)15-9-5-2-6-10-15/h1,3-5,7-13H,2,6H2,(H3,20,21). The summed E-state index contributed by atoms with van der Waals surface area (Å²) < 4.78 is 0. The minimum Gasteiger partial charge on any atom is -0.384 e. The molecule has 0 unspecified atom stereocenters. The van der Waals surface area contributed by atoms with Gasteiger partial charge in [-0.15, -0.1) is 0 Å². The van der Waals surface area contributed by atoms with Crippen molar-refractivity contribution in [3.8, 4) is 11.1 Å². The van der Waals surface area contributed by atoms with Gasteiger partial charge >= 0.3 is 0 Å². The van der Waals surface area contributed by atoms with Gasteiger partial charge in [-0.1, -0.05) is 48.6 Å².